The Kier molecular flexibility index (Phi) is 7.68. The topological polar surface area (TPSA) is 0 Å². The van der Waals surface area contributed by atoms with Gasteiger partial charge in [0, 0.05) is 0 Å². The summed E-state index contributed by atoms with van der Waals surface area (Å²) in [5.41, 5.74) is 3.45. The lowest BCUT2D eigenvalue weighted by Gasteiger charge is -2.18. The van der Waals surface area contributed by atoms with E-state index in [0.29, 0.717) is 0 Å². The van der Waals surface area contributed by atoms with Crippen molar-refractivity contribution in [2.45, 2.75) is 19.3 Å². The van der Waals surface area contributed by atoms with E-state index < -0.39 is 0 Å². The predicted octanol–water partition coefficient (Wildman–Crippen LogP) is 6.61. The van der Waals surface area contributed by atoms with Gasteiger partial charge in [-0.05, 0) is 90.8 Å². The van der Waals surface area contributed by atoms with Crippen LogP contribution in [-0.4, -0.2) is 18.5 Å². The van der Waals surface area contributed by atoms with Gasteiger partial charge in [-0.25, -0.2) is 13.2 Å². The van der Waals surface area contributed by atoms with Crippen molar-refractivity contribution >= 4 is 7.92 Å². The third-order valence-electron chi connectivity index (χ3n) is 4.89. The van der Waals surface area contributed by atoms with Crippen molar-refractivity contribution in [2.75, 3.05) is 18.5 Å². The van der Waals surface area contributed by atoms with E-state index in [0.717, 1.165) is 54.4 Å². The van der Waals surface area contributed by atoms with Crippen LogP contribution < -0.4 is 0 Å². The van der Waals surface area contributed by atoms with E-state index in [1.54, 1.807) is 0 Å². The average molecular weight is 400 g/mol. The number of rotatable bonds is 9. The molecule has 146 valence electrons. The monoisotopic (exact) mass is 400 g/mol. The van der Waals surface area contributed by atoms with Gasteiger partial charge in [-0.1, -0.05) is 36.4 Å². The molecule has 0 nitrogen and oxygen atoms in total. The first-order chi connectivity index (χ1) is 13.6. The zero-order valence-corrected chi connectivity index (χ0v) is 16.6. The van der Waals surface area contributed by atoms with Gasteiger partial charge in [0.25, 0.3) is 0 Å². The molecular formula is C24H24F3P. The molecule has 28 heavy (non-hydrogen) atoms. The minimum absolute atomic E-state index is 0.210. The molecule has 0 fully saturated rings. The fourth-order valence-electron chi connectivity index (χ4n) is 3.15. The van der Waals surface area contributed by atoms with Crippen LogP contribution in [0, 0.1) is 17.5 Å². The fourth-order valence-corrected chi connectivity index (χ4v) is 5.54. The standard InChI is InChI=1S/C24H24F3P/c25-22-7-1-19(2-8-22)13-16-28(17-14-20-3-9-23(26)10-4-20)18-15-21-5-11-24(27)12-6-21/h1-12H,13-18H2. The Balaban J connectivity index is 1.58. The van der Waals surface area contributed by atoms with Crippen molar-refractivity contribution < 1.29 is 13.2 Å². The van der Waals surface area contributed by atoms with E-state index in [2.05, 4.69) is 0 Å². The summed E-state index contributed by atoms with van der Waals surface area (Å²) < 4.78 is 39.3. The molecule has 3 rings (SSSR count). The molecule has 0 heterocycles. The number of hydrogen-bond donors (Lipinski definition) is 0. The summed E-state index contributed by atoms with van der Waals surface area (Å²) >= 11 is 0. The normalized spacial score (nSPS) is 11.1. The Labute approximate surface area is 166 Å². The van der Waals surface area contributed by atoms with E-state index in [9.17, 15) is 13.2 Å². The quantitative estimate of drug-likeness (QED) is 0.354. The van der Waals surface area contributed by atoms with Gasteiger partial charge in [0.2, 0.25) is 0 Å². The second kappa shape index (κ2) is 10.4. The van der Waals surface area contributed by atoms with Crippen LogP contribution >= 0.6 is 7.92 Å². The summed E-state index contributed by atoms with van der Waals surface area (Å²) in [5, 5.41) is 0. The molecule has 0 amide bonds. The van der Waals surface area contributed by atoms with Crippen LogP contribution in [0.5, 0.6) is 0 Å². The van der Waals surface area contributed by atoms with Crippen LogP contribution in [0.4, 0.5) is 13.2 Å². The van der Waals surface area contributed by atoms with Gasteiger partial charge in [-0.15, -0.1) is 7.92 Å². The lowest BCUT2D eigenvalue weighted by atomic mass is 10.2. The minimum atomic E-state index is -0.236. The molecule has 0 unspecified atom stereocenters. The van der Waals surface area contributed by atoms with Crippen LogP contribution in [0.15, 0.2) is 72.8 Å². The molecule has 0 bridgehead atoms. The van der Waals surface area contributed by atoms with Gasteiger partial charge in [0.15, 0.2) is 0 Å². The zero-order valence-electron chi connectivity index (χ0n) is 15.8. The molecule has 0 spiro atoms. The predicted molar refractivity (Wildman–Crippen MR) is 112 cm³/mol. The maximum atomic E-state index is 13.1. The molecule has 0 aliphatic carbocycles. The second-order valence-corrected chi connectivity index (χ2v) is 9.65. The lowest BCUT2D eigenvalue weighted by Crippen LogP contribution is -2.03. The van der Waals surface area contributed by atoms with E-state index in [1.165, 1.54) is 36.4 Å². The first kappa shape index (κ1) is 20.6. The summed E-state index contributed by atoms with van der Waals surface area (Å²) in [6.45, 7) is 0. The molecule has 0 saturated carbocycles. The highest BCUT2D eigenvalue weighted by atomic mass is 31.1. The minimum Gasteiger partial charge on any atom is -0.207 e. The van der Waals surface area contributed by atoms with Crippen molar-refractivity contribution in [1.82, 2.24) is 0 Å². The Morgan fingerprint density at radius 3 is 0.929 bits per heavy atom. The van der Waals surface area contributed by atoms with Gasteiger partial charge in [0.05, 0.1) is 0 Å². The number of halogens is 3. The largest absolute Gasteiger partial charge is 0.207 e. The van der Waals surface area contributed by atoms with E-state index in [4.69, 9.17) is 0 Å². The van der Waals surface area contributed by atoms with Gasteiger partial charge in [-0.3, -0.25) is 0 Å². The molecule has 0 aliphatic rings. The van der Waals surface area contributed by atoms with Gasteiger partial charge in [0.1, 0.15) is 17.5 Å². The summed E-state index contributed by atoms with van der Waals surface area (Å²) in [5.74, 6) is -0.629. The van der Waals surface area contributed by atoms with Crippen molar-refractivity contribution in [3.05, 3.63) is 107 Å². The van der Waals surface area contributed by atoms with E-state index in [-0.39, 0.29) is 25.4 Å². The van der Waals surface area contributed by atoms with E-state index >= 15 is 0 Å². The van der Waals surface area contributed by atoms with Gasteiger partial charge >= 0.3 is 0 Å². The van der Waals surface area contributed by atoms with Crippen molar-refractivity contribution in [1.29, 1.82) is 0 Å². The molecule has 0 radical (unpaired) electrons. The summed E-state index contributed by atoms with van der Waals surface area (Å²) in [6, 6.07) is 20.2. The van der Waals surface area contributed by atoms with Crippen LogP contribution in [0.25, 0.3) is 0 Å². The molecule has 4 heteroatoms. The van der Waals surface area contributed by atoms with Gasteiger partial charge < -0.3 is 0 Å². The molecule has 3 aromatic rings. The second-order valence-electron chi connectivity index (χ2n) is 6.97. The summed E-state index contributed by atoms with van der Waals surface area (Å²) in [6.07, 6.45) is 6.01. The molecular weight excluding hydrogens is 376 g/mol. The highest BCUT2D eigenvalue weighted by Gasteiger charge is 2.10. The molecule has 3 aromatic carbocycles. The molecule has 0 N–H and O–H groups in total. The van der Waals surface area contributed by atoms with Crippen molar-refractivity contribution in [3.8, 4) is 0 Å². The Morgan fingerprint density at radius 1 is 0.429 bits per heavy atom. The first-order valence-electron chi connectivity index (χ1n) is 9.54. The highest BCUT2D eigenvalue weighted by molar-refractivity contribution is 7.57. The van der Waals surface area contributed by atoms with Crippen molar-refractivity contribution in [2.24, 2.45) is 0 Å². The Bertz CT molecular complexity index is 725. The highest BCUT2D eigenvalue weighted by Crippen LogP contribution is 2.37. The average Bonchev–Trinajstić information content (AvgIpc) is 2.71. The summed E-state index contributed by atoms with van der Waals surface area (Å²) in [4.78, 5) is 0. The number of aryl methyl sites for hydroxylation is 3. The number of benzene rings is 3. The lowest BCUT2D eigenvalue weighted by molar-refractivity contribution is 0.626. The van der Waals surface area contributed by atoms with Gasteiger partial charge in [-0.2, -0.15) is 0 Å². The Morgan fingerprint density at radius 2 is 0.679 bits per heavy atom. The number of hydrogen-bond acceptors (Lipinski definition) is 0. The van der Waals surface area contributed by atoms with Crippen LogP contribution in [0.3, 0.4) is 0 Å². The summed E-state index contributed by atoms with van der Waals surface area (Å²) in [7, 11) is -0.236. The van der Waals surface area contributed by atoms with Crippen molar-refractivity contribution in [3.63, 3.8) is 0 Å². The molecule has 0 atom stereocenters. The molecule has 0 saturated heterocycles. The zero-order chi connectivity index (χ0) is 19.8. The maximum absolute atomic E-state index is 13.1. The Hall–Kier alpha value is -2.12. The van der Waals surface area contributed by atoms with Crippen LogP contribution in [0.1, 0.15) is 16.7 Å². The maximum Gasteiger partial charge on any atom is 0.123 e. The third kappa shape index (κ3) is 6.80. The molecule has 0 aliphatic heterocycles. The third-order valence-corrected chi connectivity index (χ3v) is 7.46. The van der Waals surface area contributed by atoms with Crippen LogP contribution in [-0.2, 0) is 19.3 Å². The SMILES string of the molecule is Fc1ccc(CCP(CCc2ccc(F)cc2)CCc2ccc(F)cc2)cc1. The van der Waals surface area contributed by atoms with E-state index in [1.807, 2.05) is 36.4 Å². The van der Waals surface area contributed by atoms with Crippen LogP contribution in [0.2, 0.25) is 0 Å². The fraction of sp³-hybridized carbons (Fsp3) is 0.250. The molecule has 0 aromatic heterocycles. The smallest absolute Gasteiger partial charge is 0.123 e. The first-order valence-corrected chi connectivity index (χ1v) is 11.4.